The first-order valence-corrected chi connectivity index (χ1v) is 18.6. The van der Waals surface area contributed by atoms with Crippen LogP contribution in [0.3, 0.4) is 0 Å². The summed E-state index contributed by atoms with van der Waals surface area (Å²) in [5.74, 6) is 0.990. The van der Waals surface area contributed by atoms with E-state index in [1.54, 1.807) is 24.8 Å². The Labute approximate surface area is 321 Å². The zero-order valence-electron chi connectivity index (χ0n) is 29.8. The summed E-state index contributed by atoms with van der Waals surface area (Å²) in [6.45, 7) is 0. The summed E-state index contributed by atoms with van der Waals surface area (Å²) < 4.78 is 12.6. The van der Waals surface area contributed by atoms with E-state index >= 15 is 0 Å². The van der Waals surface area contributed by atoms with Crippen molar-refractivity contribution in [2.24, 2.45) is 0 Å². The van der Waals surface area contributed by atoms with Gasteiger partial charge >= 0.3 is 0 Å². The summed E-state index contributed by atoms with van der Waals surface area (Å²) in [4.78, 5) is 20.7. The molecule has 7 heteroatoms. The van der Waals surface area contributed by atoms with Gasteiger partial charge in [-0.25, -0.2) is 9.97 Å². The number of fused-ring (bicyclic) bond motifs is 11. The smallest absolute Gasteiger partial charge is 0.227 e. The number of anilines is 3. The van der Waals surface area contributed by atoms with E-state index in [0.29, 0.717) is 22.9 Å². The quantitative estimate of drug-likeness (QED) is 0.179. The number of oxazole rings is 2. The van der Waals surface area contributed by atoms with Crippen molar-refractivity contribution in [2.75, 3.05) is 4.90 Å². The molecule has 4 aromatic heterocycles. The monoisotopic (exact) mass is 719 g/mol. The summed E-state index contributed by atoms with van der Waals surface area (Å²) in [5.41, 5.74) is 16.6. The van der Waals surface area contributed by atoms with Gasteiger partial charge in [0.1, 0.15) is 11.0 Å². The molecule has 6 aromatic carbocycles. The van der Waals surface area contributed by atoms with Crippen LogP contribution >= 0.6 is 0 Å². The van der Waals surface area contributed by atoms with Crippen molar-refractivity contribution in [2.45, 2.75) is 5.41 Å². The minimum Gasteiger partial charge on any atom is -0.434 e. The van der Waals surface area contributed by atoms with Gasteiger partial charge in [-0.15, -0.1) is 0 Å². The molecule has 56 heavy (non-hydrogen) atoms. The van der Waals surface area contributed by atoms with Gasteiger partial charge in [-0.2, -0.15) is 0 Å². The maximum atomic E-state index is 6.32. The molecule has 0 radical (unpaired) electrons. The molecule has 0 fully saturated rings. The van der Waals surface area contributed by atoms with Gasteiger partial charge in [-0.05, 0) is 99.1 Å². The number of rotatable bonds is 4. The van der Waals surface area contributed by atoms with Gasteiger partial charge in [0, 0.05) is 29.2 Å². The Hall–Kier alpha value is -7.64. The number of hydrogen-bond acceptors (Lipinski definition) is 7. The van der Waals surface area contributed by atoms with Crippen molar-refractivity contribution in [3.63, 3.8) is 0 Å². The van der Waals surface area contributed by atoms with E-state index in [0.717, 1.165) is 50.3 Å². The molecule has 1 aliphatic heterocycles. The van der Waals surface area contributed by atoms with Gasteiger partial charge in [-0.3, -0.25) is 9.97 Å². The molecule has 0 unspecified atom stereocenters. The van der Waals surface area contributed by atoms with Crippen LogP contribution in [0.4, 0.5) is 17.1 Å². The highest BCUT2D eigenvalue weighted by Gasteiger charge is 2.52. The second-order valence-corrected chi connectivity index (χ2v) is 14.3. The lowest BCUT2D eigenvalue weighted by atomic mass is 9.64. The number of pyridine rings is 2. The largest absolute Gasteiger partial charge is 0.434 e. The predicted octanol–water partition coefficient (Wildman–Crippen LogP) is 11.9. The van der Waals surface area contributed by atoms with E-state index in [-0.39, 0.29) is 0 Å². The molecule has 10 aromatic rings. The van der Waals surface area contributed by atoms with Gasteiger partial charge in [-0.1, -0.05) is 97.1 Å². The minimum absolute atomic E-state index is 0.495. The van der Waals surface area contributed by atoms with Crippen LogP contribution in [0.25, 0.3) is 67.4 Å². The fourth-order valence-electron chi connectivity index (χ4n) is 9.09. The normalized spacial score (nSPS) is 13.5. The van der Waals surface area contributed by atoms with E-state index < -0.39 is 5.41 Å². The van der Waals surface area contributed by atoms with Crippen LogP contribution in [0, 0.1) is 0 Å². The van der Waals surface area contributed by atoms with Crippen LogP contribution in [-0.2, 0) is 5.41 Å². The molecule has 5 heterocycles. The third-order valence-electron chi connectivity index (χ3n) is 11.3. The van der Waals surface area contributed by atoms with Crippen molar-refractivity contribution < 1.29 is 8.83 Å². The Morgan fingerprint density at radius 3 is 1.59 bits per heavy atom. The highest BCUT2D eigenvalue weighted by molar-refractivity contribution is 6.00. The Balaban J connectivity index is 1.14. The van der Waals surface area contributed by atoms with Gasteiger partial charge < -0.3 is 13.7 Å². The van der Waals surface area contributed by atoms with Gasteiger partial charge in [0.2, 0.25) is 11.8 Å². The molecule has 0 saturated carbocycles. The lowest BCUT2D eigenvalue weighted by Gasteiger charge is -2.45. The lowest BCUT2D eigenvalue weighted by Crippen LogP contribution is -2.36. The molecule has 1 aliphatic carbocycles. The summed E-state index contributed by atoms with van der Waals surface area (Å²) in [6.07, 6.45) is 6.85. The third kappa shape index (κ3) is 4.28. The topological polar surface area (TPSA) is 81.1 Å². The predicted molar refractivity (Wildman–Crippen MR) is 219 cm³/mol. The van der Waals surface area contributed by atoms with E-state index in [1.165, 1.54) is 33.4 Å². The number of aromatic nitrogens is 4. The standard InChI is InChI=1S/C49H29N5O2/c1-2-11-33(12-3-1)54-42-19-8-6-16-37(42)49(38-17-7-9-20-43(38)54)36-15-5-4-13-35(36)46-34(14-10-18-39(46)49)30-25-31(47-52-40-21-23-50-28-44(40)55-47)27-32(26-30)48-53-41-22-24-51-29-45(41)56-48/h1-29H. The summed E-state index contributed by atoms with van der Waals surface area (Å²) in [5, 5.41) is 0. The lowest BCUT2D eigenvalue weighted by molar-refractivity contribution is 0.616. The van der Waals surface area contributed by atoms with Gasteiger partial charge in [0.05, 0.1) is 29.2 Å². The Morgan fingerprint density at radius 2 is 0.964 bits per heavy atom. The molecule has 0 N–H and O–H groups in total. The molecule has 0 atom stereocenters. The SMILES string of the molecule is c1ccc(N2c3ccccc3C3(c4ccccc4-c4c(-c5cc(-c6nc7ccncc7o6)cc(-c6nc7ccncc7o6)c5)cccc43)c3ccccc32)cc1. The first-order valence-electron chi connectivity index (χ1n) is 18.6. The van der Waals surface area contributed by atoms with Crippen molar-refractivity contribution in [1.82, 2.24) is 19.9 Å². The summed E-state index contributed by atoms with van der Waals surface area (Å²) >= 11 is 0. The first kappa shape index (κ1) is 30.8. The van der Waals surface area contributed by atoms with Crippen LogP contribution in [0.2, 0.25) is 0 Å². The van der Waals surface area contributed by atoms with Gasteiger partial charge in [0.25, 0.3) is 0 Å². The molecule has 12 rings (SSSR count). The van der Waals surface area contributed by atoms with Crippen molar-refractivity contribution in [3.05, 3.63) is 199 Å². The third-order valence-corrected chi connectivity index (χ3v) is 11.3. The van der Waals surface area contributed by atoms with Crippen molar-refractivity contribution >= 4 is 39.3 Å². The maximum absolute atomic E-state index is 6.32. The van der Waals surface area contributed by atoms with E-state index in [4.69, 9.17) is 18.8 Å². The molecule has 0 bridgehead atoms. The Morgan fingerprint density at radius 1 is 0.446 bits per heavy atom. The van der Waals surface area contributed by atoms with E-state index in [2.05, 4.69) is 148 Å². The Kier molecular flexibility index (Phi) is 6.42. The van der Waals surface area contributed by atoms with Crippen LogP contribution < -0.4 is 4.90 Å². The molecule has 262 valence electrons. The maximum Gasteiger partial charge on any atom is 0.227 e. The second kappa shape index (κ2) is 11.7. The molecular weight excluding hydrogens is 691 g/mol. The van der Waals surface area contributed by atoms with Crippen molar-refractivity contribution in [1.29, 1.82) is 0 Å². The molecular formula is C49H29N5O2. The van der Waals surface area contributed by atoms with E-state index in [1.807, 2.05) is 18.2 Å². The molecule has 0 saturated heterocycles. The average molecular weight is 720 g/mol. The number of benzene rings is 6. The van der Waals surface area contributed by atoms with Crippen molar-refractivity contribution in [3.8, 4) is 45.2 Å². The minimum atomic E-state index is -0.582. The van der Waals surface area contributed by atoms with Crippen LogP contribution in [0.5, 0.6) is 0 Å². The summed E-state index contributed by atoms with van der Waals surface area (Å²) in [6, 6.07) is 54.1. The second-order valence-electron chi connectivity index (χ2n) is 14.3. The fraction of sp³-hybridized carbons (Fsp3) is 0.0204. The van der Waals surface area contributed by atoms with Crippen LogP contribution in [0.1, 0.15) is 22.3 Å². The molecule has 1 spiro atoms. The number of nitrogens with zero attached hydrogens (tertiary/aromatic N) is 5. The van der Waals surface area contributed by atoms with Gasteiger partial charge in [0.15, 0.2) is 11.2 Å². The fourth-order valence-corrected chi connectivity index (χ4v) is 9.09. The highest BCUT2D eigenvalue weighted by Crippen LogP contribution is 2.64. The molecule has 0 amide bonds. The first-order chi connectivity index (χ1) is 27.8. The van der Waals surface area contributed by atoms with Crippen LogP contribution in [-0.4, -0.2) is 19.9 Å². The zero-order chi connectivity index (χ0) is 36.8. The number of hydrogen-bond donors (Lipinski definition) is 0. The van der Waals surface area contributed by atoms with E-state index in [9.17, 15) is 0 Å². The Bertz CT molecular complexity index is 2980. The van der Waals surface area contributed by atoms with Crippen LogP contribution in [0.15, 0.2) is 185 Å². The summed E-state index contributed by atoms with van der Waals surface area (Å²) in [7, 11) is 0. The highest BCUT2D eigenvalue weighted by atomic mass is 16.4. The zero-order valence-corrected chi connectivity index (χ0v) is 29.8. The number of para-hydroxylation sites is 3. The molecule has 2 aliphatic rings. The average Bonchev–Trinajstić information content (AvgIpc) is 3.98. The molecule has 7 nitrogen and oxygen atoms in total.